The molecule has 0 aliphatic carbocycles. The van der Waals surface area contributed by atoms with Gasteiger partial charge in [0.05, 0.1) is 18.2 Å². The number of para-hydroxylation sites is 2. The average Bonchev–Trinajstić information content (AvgIpc) is 3.36. The molecular weight excluding hydrogens is 558 g/mol. The van der Waals surface area contributed by atoms with E-state index in [0.717, 1.165) is 27.6 Å². The van der Waals surface area contributed by atoms with Crippen LogP contribution in [0.2, 0.25) is 5.02 Å². The van der Waals surface area contributed by atoms with Crippen molar-refractivity contribution in [1.82, 2.24) is 4.57 Å². The standard InChI is InChI=1S/C37H32ClNO4/c38-34-24-39(35-19-11-10-18-33(34)35)27-37(40,43-32-16-8-3-9-17-32)36(42-26-29-14-6-2-7-15-29)30-20-22-31(23-21-30)41-25-28-12-4-1-5-13-28/h1-24,36,40H,25-27H2. The lowest BCUT2D eigenvalue weighted by molar-refractivity contribution is -0.234. The van der Waals surface area contributed by atoms with Gasteiger partial charge < -0.3 is 23.9 Å². The van der Waals surface area contributed by atoms with E-state index in [1.54, 1.807) is 0 Å². The third kappa shape index (κ3) is 6.92. The summed E-state index contributed by atoms with van der Waals surface area (Å²) in [6, 6.07) is 44.6. The SMILES string of the molecule is OC(Cn1cc(Cl)c2ccccc21)(Oc1ccccc1)C(OCc1ccccc1)c1ccc(OCc2ccccc2)cc1. The van der Waals surface area contributed by atoms with Gasteiger partial charge in [0, 0.05) is 17.1 Å². The van der Waals surface area contributed by atoms with Crippen molar-refractivity contribution in [1.29, 1.82) is 0 Å². The molecule has 2 atom stereocenters. The second-order valence-electron chi connectivity index (χ2n) is 10.4. The summed E-state index contributed by atoms with van der Waals surface area (Å²) in [6.07, 6.45) is 0.941. The van der Waals surface area contributed by atoms with Crippen molar-refractivity contribution in [2.75, 3.05) is 0 Å². The molecule has 2 unspecified atom stereocenters. The lowest BCUT2D eigenvalue weighted by Crippen LogP contribution is -2.47. The van der Waals surface area contributed by atoms with E-state index >= 15 is 0 Å². The third-order valence-corrected chi connectivity index (χ3v) is 7.58. The van der Waals surface area contributed by atoms with Crippen molar-refractivity contribution >= 4 is 22.5 Å². The van der Waals surface area contributed by atoms with Crippen molar-refractivity contribution < 1.29 is 19.3 Å². The average molecular weight is 590 g/mol. The highest BCUT2D eigenvalue weighted by Gasteiger charge is 2.42. The molecule has 0 saturated heterocycles. The first-order valence-electron chi connectivity index (χ1n) is 14.2. The van der Waals surface area contributed by atoms with E-state index in [4.69, 9.17) is 25.8 Å². The molecule has 43 heavy (non-hydrogen) atoms. The first kappa shape index (κ1) is 28.6. The van der Waals surface area contributed by atoms with Gasteiger partial charge in [-0.3, -0.25) is 0 Å². The highest BCUT2D eigenvalue weighted by Crippen LogP contribution is 2.37. The highest BCUT2D eigenvalue weighted by atomic mass is 35.5. The summed E-state index contributed by atoms with van der Waals surface area (Å²) in [7, 11) is 0. The van der Waals surface area contributed by atoms with Crippen molar-refractivity contribution in [2.24, 2.45) is 0 Å². The van der Waals surface area contributed by atoms with Crippen LogP contribution in [0, 0.1) is 0 Å². The fraction of sp³-hybridized carbons (Fsp3) is 0.135. The van der Waals surface area contributed by atoms with Crippen LogP contribution < -0.4 is 9.47 Å². The molecule has 6 rings (SSSR count). The summed E-state index contributed by atoms with van der Waals surface area (Å²) in [5.74, 6) is -0.595. The Bertz CT molecular complexity index is 1740. The number of aliphatic hydroxyl groups is 1. The van der Waals surface area contributed by atoms with E-state index in [1.165, 1.54) is 0 Å². The first-order valence-corrected chi connectivity index (χ1v) is 14.6. The molecule has 6 heteroatoms. The van der Waals surface area contributed by atoms with Crippen LogP contribution in [0.4, 0.5) is 0 Å². The predicted octanol–water partition coefficient (Wildman–Crippen LogP) is 8.60. The predicted molar refractivity (Wildman–Crippen MR) is 170 cm³/mol. The van der Waals surface area contributed by atoms with Crippen LogP contribution in [0.1, 0.15) is 22.8 Å². The number of nitrogens with zero attached hydrogens (tertiary/aromatic N) is 1. The molecule has 5 aromatic carbocycles. The Morgan fingerprint density at radius 1 is 0.651 bits per heavy atom. The Morgan fingerprint density at radius 3 is 1.91 bits per heavy atom. The van der Waals surface area contributed by atoms with Crippen LogP contribution >= 0.6 is 11.6 Å². The molecule has 0 aliphatic rings. The van der Waals surface area contributed by atoms with Crippen molar-refractivity contribution in [3.8, 4) is 11.5 Å². The second-order valence-corrected chi connectivity index (χ2v) is 10.8. The van der Waals surface area contributed by atoms with Gasteiger partial charge in [-0.15, -0.1) is 0 Å². The summed E-state index contributed by atoms with van der Waals surface area (Å²) in [4.78, 5) is 0. The molecule has 1 N–H and O–H groups in total. The molecule has 0 radical (unpaired) electrons. The van der Waals surface area contributed by atoms with E-state index in [-0.39, 0.29) is 13.2 Å². The lowest BCUT2D eigenvalue weighted by atomic mass is 9.99. The topological polar surface area (TPSA) is 52.9 Å². The maximum atomic E-state index is 12.6. The van der Waals surface area contributed by atoms with Gasteiger partial charge in [0.2, 0.25) is 0 Å². The number of hydrogen-bond donors (Lipinski definition) is 1. The number of aromatic nitrogens is 1. The smallest absolute Gasteiger partial charge is 0.256 e. The molecule has 216 valence electrons. The number of halogens is 1. The van der Waals surface area contributed by atoms with Crippen molar-refractivity contribution in [2.45, 2.75) is 31.6 Å². The zero-order chi connectivity index (χ0) is 29.5. The maximum absolute atomic E-state index is 12.6. The Hall–Kier alpha value is -4.55. The van der Waals surface area contributed by atoms with Crippen LogP contribution in [-0.2, 0) is 24.5 Å². The van der Waals surface area contributed by atoms with Crippen LogP contribution in [0.5, 0.6) is 11.5 Å². The van der Waals surface area contributed by atoms with Crippen LogP contribution in [0.25, 0.3) is 10.9 Å². The molecule has 1 heterocycles. The van der Waals surface area contributed by atoms with Crippen molar-refractivity contribution in [3.05, 3.63) is 167 Å². The quantitative estimate of drug-likeness (QED) is 0.145. The molecule has 1 aromatic heterocycles. The van der Waals surface area contributed by atoms with Gasteiger partial charge in [-0.05, 0) is 47.0 Å². The van der Waals surface area contributed by atoms with Crippen LogP contribution in [-0.4, -0.2) is 15.5 Å². The third-order valence-electron chi connectivity index (χ3n) is 7.28. The molecule has 0 saturated carbocycles. The first-order chi connectivity index (χ1) is 21.1. The zero-order valence-corrected chi connectivity index (χ0v) is 24.3. The van der Waals surface area contributed by atoms with E-state index in [2.05, 4.69) is 0 Å². The second kappa shape index (κ2) is 13.2. The Labute approximate surface area is 256 Å². The summed E-state index contributed by atoms with van der Waals surface area (Å²) in [6.45, 7) is 0.781. The summed E-state index contributed by atoms with van der Waals surface area (Å²) < 4.78 is 20.9. The minimum atomic E-state index is -1.83. The largest absolute Gasteiger partial charge is 0.489 e. The molecular formula is C37H32ClNO4. The number of ether oxygens (including phenoxy) is 3. The van der Waals surface area contributed by atoms with E-state index in [1.807, 2.05) is 150 Å². The Balaban J connectivity index is 1.36. The zero-order valence-electron chi connectivity index (χ0n) is 23.6. The Kier molecular flexibility index (Phi) is 8.75. The highest BCUT2D eigenvalue weighted by molar-refractivity contribution is 6.35. The lowest BCUT2D eigenvalue weighted by Gasteiger charge is -2.37. The number of rotatable bonds is 12. The summed E-state index contributed by atoms with van der Waals surface area (Å²) >= 11 is 6.61. The number of benzene rings is 5. The monoisotopic (exact) mass is 589 g/mol. The van der Waals surface area contributed by atoms with Gasteiger partial charge >= 0.3 is 0 Å². The molecule has 6 aromatic rings. The molecule has 0 bridgehead atoms. The summed E-state index contributed by atoms with van der Waals surface area (Å²) in [5, 5.41) is 14.0. The minimum Gasteiger partial charge on any atom is -0.489 e. The molecule has 0 spiro atoms. The van der Waals surface area contributed by atoms with Crippen molar-refractivity contribution in [3.63, 3.8) is 0 Å². The number of hydrogen-bond acceptors (Lipinski definition) is 4. The van der Waals surface area contributed by atoms with E-state index in [0.29, 0.717) is 23.1 Å². The van der Waals surface area contributed by atoms with E-state index < -0.39 is 11.9 Å². The van der Waals surface area contributed by atoms with Gasteiger partial charge in [0.25, 0.3) is 5.79 Å². The maximum Gasteiger partial charge on any atom is 0.256 e. The number of fused-ring (bicyclic) bond motifs is 1. The molecule has 5 nitrogen and oxygen atoms in total. The molecule has 0 amide bonds. The summed E-state index contributed by atoms with van der Waals surface area (Å²) in [5.41, 5.74) is 3.68. The van der Waals surface area contributed by atoms with Gasteiger partial charge in [-0.2, -0.15) is 0 Å². The Morgan fingerprint density at radius 2 is 1.23 bits per heavy atom. The van der Waals surface area contributed by atoms with Gasteiger partial charge in [-0.1, -0.05) is 121 Å². The molecule has 0 fully saturated rings. The fourth-order valence-electron chi connectivity index (χ4n) is 5.16. The molecule has 0 aliphatic heterocycles. The normalized spacial score (nSPS) is 13.3. The van der Waals surface area contributed by atoms with E-state index in [9.17, 15) is 5.11 Å². The minimum absolute atomic E-state index is 0.0564. The van der Waals surface area contributed by atoms with Gasteiger partial charge in [0.1, 0.15) is 24.2 Å². The van der Waals surface area contributed by atoms with Gasteiger partial charge in [0.15, 0.2) is 0 Å². The van der Waals surface area contributed by atoms with Crippen LogP contribution in [0.15, 0.2) is 146 Å². The van der Waals surface area contributed by atoms with Gasteiger partial charge in [-0.25, -0.2) is 0 Å². The van der Waals surface area contributed by atoms with Crippen LogP contribution in [0.3, 0.4) is 0 Å². The fourth-order valence-corrected chi connectivity index (χ4v) is 5.44.